The molecule has 1 aliphatic carbocycles. The maximum Gasteiger partial charge on any atom is 0.306 e. The Balaban J connectivity index is 1.90. The van der Waals surface area contributed by atoms with E-state index < -0.39 is 0 Å². The van der Waals surface area contributed by atoms with Crippen molar-refractivity contribution in [3.63, 3.8) is 0 Å². The van der Waals surface area contributed by atoms with Gasteiger partial charge in [-0.2, -0.15) is 0 Å². The van der Waals surface area contributed by atoms with Gasteiger partial charge in [0.25, 0.3) is 0 Å². The number of benzene rings is 1. The number of pyridine rings is 1. The van der Waals surface area contributed by atoms with Crippen LogP contribution < -0.4 is 0 Å². The summed E-state index contributed by atoms with van der Waals surface area (Å²) in [6.45, 7) is 4.15. The van der Waals surface area contributed by atoms with Gasteiger partial charge in [0, 0.05) is 22.2 Å². The average molecular weight is 404 g/mol. The highest BCUT2D eigenvalue weighted by Gasteiger charge is 2.23. The Hall–Kier alpha value is -2.64. The lowest BCUT2D eigenvalue weighted by Gasteiger charge is -2.15. The molecular formula is C25H25NO2S. The van der Waals surface area contributed by atoms with Gasteiger partial charge in [0.1, 0.15) is 4.83 Å². The van der Waals surface area contributed by atoms with Crippen molar-refractivity contribution in [2.45, 2.75) is 52.4 Å². The van der Waals surface area contributed by atoms with Crippen LogP contribution in [0.2, 0.25) is 0 Å². The minimum atomic E-state index is -0.227. The average Bonchev–Trinajstić information content (AvgIpc) is 3.09. The van der Waals surface area contributed by atoms with Crippen LogP contribution in [0.15, 0.2) is 24.3 Å². The maximum atomic E-state index is 11.4. The number of rotatable bonds is 3. The molecule has 1 aromatic carbocycles. The predicted molar refractivity (Wildman–Crippen MR) is 119 cm³/mol. The normalized spacial score (nSPS) is 12.9. The van der Waals surface area contributed by atoms with E-state index in [9.17, 15) is 4.79 Å². The van der Waals surface area contributed by atoms with E-state index in [0.29, 0.717) is 12.8 Å². The maximum absolute atomic E-state index is 11.4. The molecule has 0 unspecified atom stereocenters. The number of nitrogens with zero attached hydrogens (tertiary/aromatic N) is 1. The SMILES string of the molecule is COC(=O)CCC#Cc1c(C)nc2sc3c(c2c1-c1ccc(C)cc1)CCCC3. The second-order valence-electron chi connectivity index (χ2n) is 7.58. The van der Waals surface area contributed by atoms with E-state index in [1.807, 2.05) is 18.3 Å². The second-order valence-corrected chi connectivity index (χ2v) is 8.67. The van der Waals surface area contributed by atoms with Crippen LogP contribution in [0, 0.1) is 25.7 Å². The first-order chi connectivity index (χ1) is 14.1. The molecule has 4 rings (SSSR count). The van der Waals surface area contributed by atoms with E-state index in [-0.39, 0.29) is 5.97 Å². The van der Waals surface area contributed by atoms with Crippen LogP contribution in [0.4, 0.5) is 0 Å². The third-order valence-electron chi connectivity index (χ3n) is 5.52. The van der Waals surface area contributed by atoms with Crippen LogP contribution in [0.25, 0.3) is 21.3 Å². The second kappa shape index (κ2) is 8.39. The number of hydrogen-bond donors (Lipinski definition) is 0. The molecule has 0 saturated carbocycles. The summed E-state index contributed by atoms with van der Waals surface area (Å²) in [5, 5.41) is 1.29. The van der Waals surface area contributed by atoms with Crippen LogP contribution in [-0.2, 0) is 22.4 Å². The Morgan fingerprint density at radius 1 is 1.17 bits per heavy atom. The molecule has 0 spiro atoms. The molecule has 0 saturated heterocycles. The van der Waals surface area contributed by atoms with Gasteiger partial charge < -0.3 is 4.74 Å². The summed E-state index contributed by atoms with van der Waals surface area (Å²) in [6, 6.07) is 8.69. The van der Waals surface area contributed by atoms with Crippen molar-refractivity contribution in [1.29, 1.82) is 0 Å². The summed E-state index contributed by atoms with van der Waals surface area (Å²) in [4.78, 5) is 19.0. The lowest BCUT2D eigenvalue weighted by atomic mass is 9.89. The van der Waals surface area contributed by atoms with E-state index in [0.717, 1.165) is 28.9 Å². The third kappa shape index (κ3) is 3.93. The zero-order valence-corrected chi connectivity index (χ0v) is 18.0. The summed E-state index contributed by atoms with van der Waals surface area (Å²) in [5.41, 5.74) is 7.05. The summed E-state index contributed by atoms with van der Waals surface area (Å²) >= 11 is 1.85. The Bertz CT molecular complexity index is 1130. The van der Waals surface area contributed by atoms with Crippen LogP contribution in [0.1, 0.15) is 52.9 Å². The smallest absolute Gasteiger partial charge is 0.306 e. The standard InChI is InChI=1S/C25H25NO2S/c1-16-12-14-18(15-13-16)23-19(8-5-7-11-22(27)28-3)17(2)26-25-24(23)20-9-4-6-10-21(20)29-25/h12-15H,4,6-7,9-11H2,1-3H3. The van der Waals surface area contributed by atoms with Crippen molar-refractivity contribution in [3.8, 4) is 23.0 Å². The zero-order chi connectivity index (χ0) is 20.4. The lowest BCUT2D eigenvalue weighted by Crippen LogP contribution is -2.01. The van der Waals surface area contributed by atoms with Gasteiger partial charge in [-0.3, -0.25) is 4.79 Å². The molecule has 0 amide bonds. The van der Waals surface area contributed by atoms with Crippen molar-refractivity contribution < 1.29 is 9.53 Å². The fraction of sp³-hybridized carbons (Fsp3) is 0.360. The molecule has 148 valence electrons. The number of esters is 1. The lowest BCUT2D eigenvalue weighted by molar-refractivity contribution is -0.140. The van der Waals surface area contributed by atoms with Gasteiger partial charge in [-0.05, 0) is 50.7 Å². The van der Waals surface area contributed by atoms with Gasteiger partial charge in [0.2, 0.25) is 0 Å². The van der Waals surface area contributed by atoms with Crippen molar-refractivity contribution in [2.24, 2.45) is 0 Å². The third-order valence-corrected chi connectivity index (χ3v) is 6.70. The van der Waals surface area contributed by atoms with E-state index >= 15 is 0 Å². The highest BCUT2D eigenvalue weighted by Crippen LogP contribution is 2.42. The number of aromatic nitrogens is 1. The van der Waals surface area contributed by atoms with E-state index in [1.165, 1.54) is 52.5 Å². The quantitative estimate of drug-likeness (QED) is 0.412. The van der Waals surface area contributed by atoms with Crippen molar-refractivity contribution >= 4 is 27.5 Å². The zero-order valence-electron chi connectivity index (χ0n) is 17.2. The first kappa shape index (κ1) is 19.7. The van der Waals surface area contributed by atoms with E-state index in [4.69, 9.17) is 9.72 Å². The summed E-state index contributed by atoms with van der Waals surface area (Å²) in [5.74, 6) is 6.30. The number of aryl methyl sites for hydroxylation is 4. The molecule has 0 atom stereocenters. The molecule has 29 heavy (non-hydrogen) atoms. The van der Waals surface area contributed by atoms with Gasteiger partial charge in [0.05, 0.1) is 24.8 Å². The first-order valence-corrected chi connectivity index (χ1v) is 11.0. The largest absolute Gasteiger partial charge is 0.469 e. The molecule has 0 bridgehead atoms. The van der Waals surface area contributed by atoms with Gasteiger partial charge in [-0.15, -0.1) is 11.3 Å². The Labute approximate surface area is 176 Å². The van der Waals surface area contributed by atoms with Gasteiger partial charge in [0.15, 0.2) is 0 Å². The van der Waals surface area contributed by atoms with Gasteiger partial charge >= 0.3 is 5.97 Å². The van der Waals surface area contributed by atoms with Crippen molar-refractivity contribution in [3.05, 3.63) is 51.5 Å². The fourth-order valence-corrected chi connectivity index (χ4v) is 5.30. The molecule has 4 heteroatoms. The molecular weight excluding hydrogens is 378 g/mol. The van der Waals surface area contributed by atoms with Crippen LogP contribution >= 0.6 is 11.3 Å². The van der Waals surface area contributed by atoms with Crippen molar-refractivity contribution in [2.75, 3.05) is 7.11 Å². The highest BCUT2D eigenvalue weighted by atomic mass is 32.1. The number of carbonyl (C=O) groups is 1. The molecule has 0 N–H and O–H groups in total. The molecule has 3 aromatic rings. The number of fused-ring (bicyclic) bond motifs is 3. The Morgan fingerprint density at radius 2 is 1.93 bits per heavy atom. The minimum Gasteiger partial charge on any atom is -0.469 e. The topological polar surface area (TPSA) is 39.2 Å². The summed E-state index contributed by atoms with van der Waals surface area (Å²) in [7, 11) is 1.41. The number of hydrogen-bond acceptors (Lipinski definition) is 4. The first-order valence-electron chi connectivity index (χ1n) is 10.2. The Morgan fingerprint density at radius 3 is 2.69 bits per heavy atom. The summed E-state index contributed by atoms with van der Waals surface area (Å²) < 4.78 is 4.72. The van der Waals surface area contributed by atoms with Gasteiger partial charge in [-0.1, -0.05) is 41.7 Å². The van der Waals surface area contributed by atoms with Crippen LogP contribution in [-0.4, -0.2) is 18.1 Å². The van der Waals surface area contributed by atoms with E-state index in [1.54, 1.807) is 0 Å². The van der Waals surface area contributed by atoms with Crippen LogP contribution in [0.3, 0.4) is 0 Å². The molecule has 1 aliphatic rings. The molecule has 2 heterocycles. The predicted octanol–water partition coefficient (Wildman–Crippen LogP) is 5.76. The van der Waals surface area contributed by atoms with E-state index in [2.05, 4.69) is 43.0 Å². The Kier molecular flexibility index (Phi) is 5.69. The molecule has 0 aliphatic heterocycles. The van der Waals surface area contributed by atoms with Crippen LogP contribution in [0.5, 0.6) is 0 Å². The molecule has 0 fully saturated rings. The number of thiophene rings is 1. The number of methoxy groups -OCH3 is 1. The van der Waals surface area contributed by atoms with Crippen molar-refractivity contribution in [1.82, 2.24) is 4.98 Å². The fourth-order valence-electron chi connectivity index (χ4n) is 3.98. The molecule has 2 aromatic heterocycles. The minimum absolute atomic E-state index is 0.227. The number of carbonyl (C=O) groups excluding carboxylic acids is 1. The molecule has 0 radical (unpaired) electrons. The summed E-state index contributed by atoms with van der Waals surface area (Å²) in [6.07, 6.45) is 5.57. The highest BCUT2D eigenvalue weighted by molar-refractivity contribution is 7.19. The number of ether oxygens (including phenoxy) is 1. The monoisotopic (exact) mass is 403 g/mol. The molecule has 3 nitrogen and oxygen atoms in total. The van der Waals surface area contributed by atoms with Gasteiger partial charge in [-0.25, -0.2) is 4.98 Å².